The molecular weight excluding hydrogens is 418 g/mol. The van der Waals surface area contributed by atoms with Crippen LogP contribution in [0.2, 0.25) is 5.02 Å². The van der Waals surface area contributed by atoms with E-state index in [1.807, 2.05) is 6.07 Å². The van der Waals surface area contributed by atoms with Crippen molar-refractivity contribution in [1.82, 2.24) is 14.5 Å². The molecule has 31 heavy (non-hydrogen) atoms. The Balaban J connectivity index is 1.49. The van der Waals surface area contributed by atoms with Crippen molar-refractivity contribution in [2.24, 2.45) is 7.05 Å². The van der Waals surface area contributed by atoms with E-state index in [9.17, 15) is 9.59 Å². The summed E-state index contributed by atoms with van der Waals surface area (Å²) in [5, 5.41) is 7.30. The third-order valence-corrected chi connectivity index (χ3v) is 5.55. The van der Waals surface area contributed by atoms with Crippen molar-refractivity contribution in [1.29, 1.82) is 0 Å². The highest BCUT2D eigenvalue weighted by Crippen LogP contribution is 2.18. The molecule has 2 aromatic heterocycles. The largest absolute Gasteiger partial charge is 0.379 e. The number of rotatable bonds is 6. The Morgan fingerprint density at radius 3 is 2.68 bits per heavy atom. The zero-order valence-electron chi connectivity index (χ0n) is 17.2. The topological polar surface area (TPSA) is 88.5 Å². The summed E-state index contributed by atoms with van der Waals surface area (Å²) in [7, 11) is 1.68. The quantitative estimate of drug-likeness (QED) is 0.611. The van der Waals surface area contributed by atoms with Crippen LogP contribution in [0.3, 0.4) is 0 Å². The molecule has 3 aromatic rings. The molecule has 1 aliphatic heterocycles. The number of amides is 1. The summed E-state index contributed by atoms with van der Waals surface area (Å²) >= 11 is 5.87. The highest BCUT2D eigenvalue weighted by Gasteiger charge is 2.13. The minimum atomic E-state index is -0.373. The predicted molar refractivity (Wildman–Crippen MR) is 122 cm³/mol. The number of carbonyl (C=O) groups is 1. The van der Waals surface area contributed by atoms with E-state index in [1.165, 1.54) is 4.57 Å². The third-order valence-electron chi connectivity index (χ3n) is 5.30. The fourth-order valence-corrected chi connectivity index (χ4v) is 3.64. The Morgan fingerprint density at radius 2 is 1.94 bits per heavy atom. The maximum atomic E-state index is 12.8. The van der Waals surface area contributed by atoms with Crippen LogP contribution < -0.4 is 16.2 Å². The van der Waals surface area contributed by atoms with Crippen LogP contribution in [-0.2, 0) is 11.8 Å². The number of hydrogen-bond donors (Lipinski definition) is 2. The number of aryl methyl sites for hydroxylation is 1. The Hall–Kier alpha value is -2.94. The average Bonchev–Trinajstić information content (AvgIpc) is 2.79. The second kappa shape index (κ2) is 9.47. The van der Waals surface area contributed by atoms with Crippen molar-refractivity contribution in [2.75, 3.05) is 50.0 Å². The van der Waals surface area contributed by atoms with Crippen molar-refractivity contribution >= 4 is 39.9 Å². The van der Waals surface area contributed by atoms with Crippen LogP contribution in [0.15, 0.2) is 47.4 Å². The molecule has 0 atom stereocenters. The van der Waals surface area contributed by atoms with Crippen LogP contribution >= 0.6 is 11.6 Å². The van der Waals surface area contributed by atoms with Crippen LogP contribution in [0.4, 0.5) is 11.5 Å². The second-order valence-electron chi connectivity index (χ2n) is 7.39. The summed E-state index contributed by atoms with van der Waals surface area (Å²) in [6.07, 6.45) is 1.70. The number of ether oxygens (including phenoxy) is 1. The normalized spacial score (nSPS) is 14.5. The summed E-state index contributed by atoms with van der Waals surface area (Å²) in [6.45, 7) is 5.07. The molecule has 1 aliphatic rings. The number of anilines is 2. The maximum absolute atomic E-state index is 12.8. The lowest BCUT2D eigenvalue weighted by Crippen LogP contribution is -2.39. The zero-order valence-corrected chi connectivity index (χ0v) is 18.0. The second-order valence-corrected chi connectivity index (χ2v) is 7.83. The Kier molecular flexibility index (Phi) is 6.50. The predicted octanol–water partition coefficient (Wildman–Crippen LogP) is 2.58. The minimum Gasteiger partial charge on any atom is -0.379 e. The zero-order chi connectivity index (χ0) is 21.8. The molecule has 1 aromatic carbocycles. The first-order valence-corrected chi connectivity index (χ1v) is 10.5. The summed E-state index contributed by atoms with van der Waals surface area (Å²) in [5.74, 6) is 0.330. The third kappa shape index (κ3) is 5.04. The minimum absolute atomic E-state index is 0.199. The van der Waals surface area contributed by atoms with Crippen molar-refractivity contribution in [2.45, 2.75) is 0 Å². The van der Waals surface area contributed by atoms with E-state index in [2.05, 4.69) is 20.5 Å². The lowest BCUT2D eigenvalue weighted by Gasteiger charge is -2.26. The van der Waals surface area contributed by atoms with E-state index in [0.29, 0.717) is 16.4 Å². The molecule has 0 aliphatic carbocycles. The van der Waals surface area contributed by atoms with Gasteiger partial charge in [0.15, 0.2) is 0 Å². The maximum Gasteiger partial charge on any atom is 0.274 e. The number of nitrogens with zero attached hydrogens (tertiary/aromatic N) is 3. The van der Waals surface area contributed by atoms with E-state index in [0.717, 1.165) is 50.3 Å². The first kappa shape index (κ1) is 21.3. The number of pyridine rings is 2. The number of aromatic nitrogens is 2. The average molecular weight is 442 g/mol. The first-order valence-electron chi connectivity index (χ1n) is 10.1. The fourth-order valence-electron chi connectivity index (χ4n) is 3.51. The van der Waals surface area contributed by atoms with Crippen LogP contribution in [-0.4, -0.2) is 59.8 Å². The van der Waals surface area contributed by atoms with Gasteiger partial charge in [-0.15, -0.1) is 0 Å². The van der Waals surface area contributed by atoms with Gasteiger partial charge < -0.3 is 19.9 Å². The Labute approximate surface area is 184 Å². The van der Waals surface area contributed by atoms with Crippen molar-refractivity contribution in [3.05, 3.63) is 63.5 Å². The molecule has 9 heteroatoms. The molecule has 4 rings (SSSR count). The fraction of sp³-hybridized carbons (Fsp3) is 0.318. The molecule has 8 nitrogen and oxygen atoms in total. The Bertz CT molecular complexity index is 1140. The van der Waals surface area contributed by atoms with Crippen molar-refractivity contribution < 1.29 is 9.53 Å². The molecule has 0 unspecified atom stereocenters. The molecule has 0 radical (unpaired) electrons. The van der Waals surface area contributed by atoms with Gasteiger partial charge in [0.25, 0.3) is 11.5 Å². The summed E-state index contributed by atoms with van der Waals surface area (Å²) in [4.78, 5) is 32.1. The van der Waals surface area contributed by atoms with Crippen LogP contribution in [0.5, 0.6) is 0 Å². The highest BCUT2D eigenvalue weighted by atomic mass is 35.5. The molecule has 1 saturated heterocycles. The van der Waals surface area contributed by atoms with Gasteiger partial charge in [0.05, 0.1) is 18.7 Å². The van der Waals surface area contributed by atoms with Gasteiger partial charge in [-0.05, 0) is 30.3 Å². The van der Waals surface area contributed by atoms with E-state index < -0.39 is 0 Å². The van der Waals surface area contributed by atoms with Gasteiger partial charge in [0.2, 0.25) is 0 Å². The summed E-state index contributed by atoms with van der Waals surface area (Å²) in [5.41, 5.74) is 1.06. The van der Waals surface area contributed by atoms with E-state index >= 15 is 0 Å². The standard InChI is InChI=1S/C22H24ClN5O3/c1-27-19-13-20(24-6-7-28-8-10-31-11-9-28)25-14-16(19)12-18(22(27)30)26-21(29)15-2-4-17(23)5-3-15/h2-5,12-14H,6-11H2,1H3,(H,24,25)(H,26,29). The molecule has 1 amide bonds. The molecule has 2 N–H and O–H groups in total. The molecular formula is C22H24ClN5O3. The van der Waals surface area contributed by atoms with Gasteiger partial charge in [-0.25, -0.2) is 4.98 Å². The number of hydrogen-bond acceptors (Lipinski definition) is 6. The number of halogens is 1. The van der Waals surface area contributed by atoms with Gasteiger partial charge in [-0.1, -0.05) is 11.6 Å². The monoisotopic (exact) mass is 441 g/mol. The van der Waals surface area contributed by atoms with Crippen molar-refractivity contribution in [3.63, 3.8) is 0 Å². The summed E-state index contributed by atoms with van der Waals surface area (Å²) in [6, 6.07) is 9.98. The number of fused-ring (bicyclic) bond motifs is 1. The van der Waals surface area contributed by atoms with E-state index in [4.69, 9.17) is 16.3 Å². The van der Waals surface area contributed by atoms with Crippen LogP contribution in [0.1, 0.15) is 10.4 Å². The van der Waals surface area contributed by atoms with E-state index in [1.54, 1.807) is 43.6 Å². The molecule has 162 valence electrons. The van der Waals surface area contributed by atoms with Gasteiger partial charge in [0.1, 0.15) is 11.5 Å². The molecule has 0 bridgehead atoms. The number of benzene rings is 1. The van der Waals surface area contributed by atoms with E-state index in [-0.39, 0.29) is 17.2 Å². The summed E-state index contributed by atoms with van der Waals surface area (Å²) < 4.78 is 6.88. The van der Waals surface area contributed by atoms with Gasteiger partial charge in [0, 0.05) is 61.5 Å². The number of morpholine rings is 1. The van der Waals surface area contributed by atoms with Gasteiger partial charge in [-0.3, -0.25) is 14.5 Å². The molecule has 0 saturated carbocycles. The molecule has 0 spiro atoms. The highest BCUT2D eigenvalue weighted by molar-refractivity contribution is 6.30. The Morgan fingerprint density at radius 1 is 1.19 bits per heavy atom. The lowest BCUT2D eigenvalue weighted by molar-refractivity contribution is 0.0398. The molecule has 3 heterocycles. The SMILES string of the molecule is Cn1c(=O)c(NC(=O)c2ccc(Cl)cc2)cc2cnc(NCCN3CCOCC3)cc21. The first-order chi connectivity index (χ1) is 15.0. The van der Waals surface area contributed by atoms with Crippen LogP contribution in [0.25, 0.3) is 10.9 Å². The van der Waals surface area contributed by atoms with Crippen LogP contribution in [0, 0.1) is 0 Å². The number of carbonyl (C=O) groups excluding carboxylic acids is 1. The molecule has 1 fully saturated rings. The van der Waals surface area contributed by atoms with Gasteiger partial charge in [-0.2, -0.15) is 0 Å². The number of nitrogens with one attached hydrogen (secondary N) is 2. The van der Waals surface area contributed by atoms with Crippen molar-refractivity contribution in [3.8, 4) is 0 Å². The van der Waals surface area contributed by atoms with Gasteiger partial charge >= 0.3 is 0 Å². The lowest BCUT2D eigenvalue weighted by atomic mass is 10.2. The smallest absolute Gasteiger partial charge is 0.274 e.